The van der Waals surface area contributed by atoms with E-state index in [1.807, 2.05) is 0 Å². The minimum atomic E-state index is 0. The molecule has 1 saturated carbocycles. The molecule has 1 N–H and O–H groups in total. The Morgan fingerprint density at radius 2 is 1.48 bits per heavy atom. The first-order valence-corrected chi connectivity index (χ1v) is 8.71. The van der Waals surface area contributed by atoms with Crippen molar-refractivity contribution in [1.29, 1.82) is 0 Å². The molecule has 1 aliphatic carbocycles. The summed E-state index contributed by atoms with van der Waals surface area (Å²) in [6, 6.07) is 10.2. The van der Waals surface area contributed by atoms with E-state index in [2.05, 4.69) is 39.4 Å². The number of nitrogens with zero attached hydrogens (tertiary/aromatic N) is 2. The van der Waals surface area contributed by atoms with Gasteiger partial charge >= 0.3 is 0 Å². The van der Waals surface area contributed by atoms with Gasteiger partial charge in [-0.1, -0.05) is 12.1 Å². The van der Waals surface area contributed by atoms with Crippen molar-refractivity contribution in [3.8, 4) is 0 Å². The number of hydrogen-bond acceptors (Lipinski definition) is 3. The lowest BCUT2D eigenvalue weighted by molar-refractivity contribution is 0.156. The highest BCUT2D eigenvalue weighted by Crippen LogP contribution is 2.44. The molecule has 3 fully saturated rings. The molecule has 130 valence electrons. The minimum Gasteiger partial charge on any atom is -0.372 e. The predicted molar refractivity (Wildman–Crippen MR) is 102 cm³/mol. The first kappa shape index (κ1) is 18.9. The Kier molecular flexibility index (Phi) is 7.02. The number of hydrogen-bond donors (Lipinski definition) is 1. The lowest BCUT2D eigenvalue weighted by Crippen LogP contribution is -2.45. The number of benzene rings is 1. The van der Waals surface area contributed by atoms with E-state index in [0.29, 0.717) is 6.04 Å². The Morgan fingerprint density at radius 3 is 2.04 bits per heavy atom. The quantitative estimate of drug-likeness (QED) is 0.889. The molecule has 0 bridgehead atoms. The molecule has 0 unspecified atom stereocenters. The third kappa shape index (κ3) is 4.33. The average molecular weight is 358 g/mol. The maximum Gasteiger partial charge on any atom is 0.0377 e. The summed E-state index contributed by atoms with van der Waals surface area (Å²) in [5.41, 5.74) is 2.97. The van der Waals surface area contributed by atoms with E-state index in [4.69, 9.17) is 0 Å². The highest BCUT2D eigenvalue weighted by atomic mass is 35.5. The smallest absolute Gasteiger partial charge is 0.0377 e. The second-order valence-electron chi connectivity index (χ2n) is 6.85. The molecule has 4 rings (SSSR count). The highest BCUT2D eigenvalue weighted by Gasteiger charge is 2.36. The zero-order chi connectivity index (χ0) is 14.1. The van der Waals surface area contributed by atoms with Crippen LogP contribution in [0.15, 0.2) is 24.3 Å². The lowest BCUT2D eigenvalue weighted by atomic mass is 9.99. The number of piperazine rings is 1. The van der Waals surface area contributed by atoms with Crippen LogP contribution >= 0.6 is 24.8 Å². The average Bonchev–Trinajstić information content (AvgIpc) is 3.22. The Morgan fingerprint density at radius 1 is 0.870 bits per heavy atom. The summed E-state index contributed by atoms with van der Waals surface area (Å²) >= 11 is 0. The van der Waals surface area contributed by atoms with Crippen molar-refractivity contribution in [1.82, 2.24) is 10.2 Å². The molecule has 0 aromatic heterocycles. The van der Waals surface area contributed by atoms with Gasteiger partial charge in [0, 0.05) is 51.0 Å². The molecule has 0 amide bonds. The number of nitrogens with one attached hydrogen (secondary N) is 1. The number of anilines is 1. The van der Waals surface area contributed by atoms with Gasteiger partial charge in [-0.3, -0.25) is 4.90 Å². The standard InChI is InChI=1S/C18H27N3.2ClH/c1-2-12-20(11-1)17-7-5-16(6-8-17)18(15-3-4-15)21-13-9-19-10-14-21;;/h5-8,15,18-19H,1-4,9-14H2;2*1H/t18-;;/m0../s1. The molecule has 0 radical (unpaired) electrons. The van der Waals surface area contributed by atoms with Gasteiger partial charge < -0.3 is 10.2 Å². The summed E-state index contributed by atoms with van der Waals surface area (Å²) in [4.78, 5) is 5.24. The van der Waals surface area contributed by atoms with Crippen molar-refractivity contribution in [2.75, 3.05) is 44.2 Å². The minimum absolute atomic E-state index is 0. The van der Waals surface area contributed by atoms with Crippen molar-refractivity contribution >= 4 is 30.5 Å². The first-order chi connectivity index (χ1) is 10.4. The Balaban J connectivity index is 0.000000960. The molecule has 3 aliphatic rings. The van der Waals surface area contributed by atoms with Crippen LogP contribution in [0.5, 0.6) is 0 Å². The van der Waals surface area contributed by atoms with Crippen LogP contribution in [0, 0.1) is 5.92 Å². The van der Waals surface area contributed by atoms with Gasteiger partial charge in [0.05, 0.1) is 0 Å². The van der Waals surface area contributed by atoms with Crippen molar-refractivity contribution in [2.45, 2.75) is 31.7 Å². The molecule has 23 heavy (non-hydrogen) atoms. The number of halogens is 2. The third-order valence-corrected chi connectivity index (χ3v) is 5.32. The summed E-state index contributed by atoms with van der Waals surface area (Å²) in [6.45, 7) is 7.18. The van der Waals surface area contributed by atoms with E-state index >= 15 is 0 Å². The van der Waals surface area contributed by atoms with Gasteiger partial charge in [0.2, 0.25) is 0 Å². The molecule has 3 nitrogen and oxygen atoms in total. The second-order valence-corrected chi connectivity index (χ2v) is 6.85. The summed E-state index contributed by atoms with van der Waals surface area (Å²) in [5, 5.41) is 3.48. The van der Waals surface area contributed by atoms with Gasteiger partial charge in [0.1, 0.15) is 0 Å². The van der Waals surface area contributed by atoms with Gasteiger partial charge in [-0.25, -0.2) is 0 Å². The maximum atomic E-state index is 3.48. The normalized spacial score (nSPS) is 23.0. The van der Waals surface area contributed by atoms with E-state index in [1.165, 1.54) is 57.5 Å². The predicted octanol–water partition coefficient (Wildman–Crippen LogP) is 3.49. The van der Waals surface area contributed by atoms with Gasteiger partial charge in [-0.05, 0) is 49.3 Å². The zero-order valence-corrected chi connectivity index (χ0v) is 15.4. The van der Waals surface area contributed by atoms with Crippen LogP contribution in [0.3, 0.4) is 0 Å². The van der Waals surface area contributed by atoms with E-state index < -0.39 is 0 Å². The van der Waals surface area contributed by atoms with Gasteiger partial charge in [-0.2, -0.15) is 0 Å². The van der Waals surface area contributed by atoms with Crippen LogP contribution in [0.1, 0.15) is 37.3 Å². The van der Waals surface area contributed by atoms with E-state index in [1.54, 1.807) is 5.56 Å². The van der Waals surface area contributed by atoms with Crippen molar-refractivity contribution in [3.05, 3.63) is 29.8 Å². The Hall–Kier alpha value is -0.480. The summed E-state index contributed by atoms with van der Waals surface area (Å²) in [5.74, 6) is 0.903. The van der Waals surface area contributed by atoms with Crippen LogP contribution in [-0.4, -0.2) is 44.2 Å². The third-order valence-electron chi connectivity index (χ3n) is 5.32. The zero-order valence-electron chi connectivity index (χ0n) is 13.7. The molecule has 5 heteroatoms. The fraction of sp³-hybridized carbons (Fsp3) is 0.667. The summed E-state index contributed by atoms with van der Waals surface area (Å²) < 4.78 is 0. The lowest BCUT2D eigenvalue weighted by Gasteiger charge is -2.35. The van der Waals surface area contributed by atoms with Crippen LogP contribution in [0.25, 0.3) is 0 Å². The van der Waals surface area contributed by atoms with Crippen molar-refractivity contribution in [2.24, 2.45) is 5.92 Å². The fourth-order valence-electron chi connectivity index (χ4n) is 4.01. The van der Waals surface area contributed by atoms with E-state index in [0.717, 1.165) is 19.0 Å². The van der Waals surface area contributed by atoms with Crippen LogP contribution < -0.4 is 10.2 Å². The largest absolute Gasteiger partial charge is 0.372 e. The molecule has 0 spiro atoms. The first-order valence-electron chi connectivity index (χ1n) is 8.71. The van der Waals surface area contributed by atoms with Gasteiger partial charge in [0.25, 0.3) is 0 Å². The van der Waals surface area contributed by atoms with Crippen molar-refractivity contribution < 1.29 is 0 Å². The monoisotopic (exact) mass is 357 g/mol. The molecule has 1 aromatic rings. The summed E-state index contributed by atoms with van der Waals surface area (Å²) in [6.07, 6.45) is 5.55. The fourth-order valence-corrected chi connectivity index (χ4v) is 4.01. The molecule has 2 heterocycles. The molecular weight excluding hydrogens is 329 g/mol. The number of rotatable bonds is 4. The molecule has 2 aliphatic heterocycles. The maximum absolute atomic E-state index is 3.48. The summed E-state index contributed by atoms with van der Waals surface area (Å²) in [7, 11) is 0. The Bertz CT molecular complexity index is 464. The SMILES string of the molecule is Cl.Cl.c1cc(N2CCCC2)ccc1[C@H](C1CC1)N1CCNCC1. The van der Waals surface area contributed by atoms with E-state index in [-0.39, 0.29) is 24.8 Å². The topological polar surface area (TPSA) is 18.5 Å². The molecule has 1 atom stereocenters. The molecule has 2 saturated heterocycles. The Labute approximate surface area is 152 Å². The molecule has 1 aromatic carbocycles. The van der Waals surface area contributed by atoms with Gasteiger partial charge in [-0.15, -0.1) is 24.8 Å². The van der Waals surface area contributed by atoms with Crippen LogP contribution in [0.2, 0.25) is 0 Å². The van der Waals surface area contributed by atoms with Crippen LogP contribution in [0.4, 0.5) is 5.69 Å². The van der Waals surface area contributed by atoms with Crippen LogP contribution in [-0.2, 0) is 0 Å². The molecular formula is C18H29Cl2N3. The highest BCUT2D eigenvalue weighted by molar-refractivity contribution is 5.85. The van der Waals surface area contributed by atoms with Crippen molar-refractivity contribution in [3.63, 3.8) is 0 Å². The van der Waals surface area contributed by atoms with Gasteiger partial charge in [0.15, 0.2) is 0 Å². The van der Waals surface area contributed by atoms with E-state index in [9.17, 15) is 0 Å². The second kappa shape index (κ2) is 8.57.